The Hall–Kier alpha value is -1.92. The molecule has 142 valence electrons. The fraction of sp³-hybridized carbons (Fsp3) is 0.526. The fourth-order valence-electron chi connectivity index (χ4n) is 3.67. The highest BCUT2D eigenvalue weighted by atomic mass is 35.5. The number of amides is 1. The Labute approximate surface area is 161 Å². The first-order chi connectivity index (χ1) is 12.1. The molecule has 2 N–H and O–H groups in total. The molecule has 0 bridgehead atoms. The van der Waals surface area contributed by atoms with E-state index in [4.69, 9.17) is 5.73 Å². The largest absolute Gasteiger partial charge is 0.333 e. The van der Waals surface area contributed by atoms with Crippen molar-refractivity contribution < 1.29 is 4.79 Å². The Morgan fingerprint density at radius 3 is 2.65 bits per heavy atom. The number of piperidine rings is 1. The van der Waals surface area contributed by atoms with E-state index in [1.807, 2.05) is 37.1 Å². The van der Waals surface area contributed by atoms with Gasteiger partial charge in [-0.3, -0.25) is 9.48 Å². The highest BCUT2D eigenvalue weighted by Gasteiger charge is 2.34. The molecule has 0 aliphatic carbocycles. The number of benzene rings is 1. The summed E-state index contributed by atoms with van der Waals surface area (Å²) < 4.78 is 1.65. The van der Waals surface area contributed by atoms with Crippen LogP contribution in [0.4, 0.5) is 0 Å². The van der Waals surface area contributed by atoms with Gasteiger partial charge in [-0.2, -0.15) is 0 Å². The lowest BCUT2D eigenvalue weighted by molar-refractivity contribution is 0.0507. The van der Waals surface area contributed by atoms with E-state index in [1.165, 1.54) is 5.56 Å². The van der Waals surface area contributed by atoms with Gasteiger partial charge in [-0.1, -0.05) is 30.3 Å². The molecule has 2 aromatic rings. The summed E-state index contributed by atoms with van der Waals surface area (Å²) in [6, 6.07) is 10.5. The maximum atomic E-state index is 13.0. The molecule has 7 heteroatoms. The maximum Gasteiger partial charge on any atom is 0.293 e. The second-order valence-electron chi connectivity index (χ2n) is 6.85. The number of hydrogen-bond donors (Lipinski definition) is 1. The maximum absolute atomic E-state index is 13.0. The molecular formula is C19H28ClN5O. The quantitative estimate of drug-likeness (QED) is 0.867. The average molecular weight is 378 g/mol. The molecule has 6 nitrogen and oxygen atoms in total. The standard InChI is InChI=1S/C19H27N5O.ClH/c1-14-21-18(22-23(14)2)19(25)24-11-7-6-10-17(24)16(13-20)12-15-8-4-3-5-9-15;/h3-5,8-9,16-17H,6-7,10-13,20H2,1-2H3;1H. The third-order valence-corrected chi connectivity index (χ3v) is 5.17. The monoisotopic (exact) mass is 377 g/mol. The zero-order valence-electron chi connectivity index (χ0n) is 15.5. The van der Waals surface area contributed by atoms with Crippen molar-refractivity contribution in [3.05, 3.63) is 47.5 Å². The zero-order valence-corrected chi connectivity index (χ0v) is 16.3. The number of likely N-dealkylation sites (tertiary alicyclic amines) is 1. The van der Waals surface area contributed by atoms with Gasteiger partial charge in [0.2, 0.25) is 5.82 Å². The zero-order chi connectivity index (χ0) is 17.8. The molecule has 26 heavy (non-hydrogen) atoms. The number of halogens is 1. The lowest BCUT2D eigenvalue weighted by atomic mass is 9.85. The minimum atomic E-state index is -0.0695. The summed E-state index contributed by atoms with van der Waals surface area (Å²) in [5.41, 5.74) is 7.37. The summed E-state index contributed by atoms with van der Waals surface area (Å²) in [6.45, 7) is 3.18. The van der Waals surface area contributed by atoms with Crippen molar-refractivity contribution in [3.8, 4) is 0 Å². The van der Waals surface area contributed by atoms with Gasteiger partial charge < -0.3 is 10.6 Å². The number of carbonyl (C=O) groups excluding carboxylic acids is 1. The lowest BCUT2D eigenvalue weighted by Crippen LogP contribution is -2.50. The Kier molecular flexibility index (Phi) is 7.17. The molecule has 1 fully saturated rings. The summed E-state index contributed by atoms with van der Waals surface area (Å²) in [4.78, 5) is 19.3. The molecule has 1 aromatic heterocycles. The third-order valence-electron chi connectivity index (χ3n) is 5.17. The van der Waals surface area contributed by atoms with Gasteiger partial charge in [-0.05, 0) is 50.6 Å². The predicted octanol–water partition coefficient (Wildman–Crippen LogP) is 2.36. The molecule has 1 aromatic carbocycles. The van der Waals surface area contributed by atoms with E-state index in [9.17, 15) is 4.79 Å². The molecular weight excluding hydrogens is 350 g/mol. The second-order valence-corrected chi connectivity index (χ2v) is 6.85. The first-order valence-corrected chi connectivity index (χ1v) is 9.02. The van der Waals surface area contributed by atoms with Gasteiger partial charge in [0.25, 0.3) is 5.91 Å². The molecule has 1 amide bonds. The van der Waals surface area contributed by atoms with Crippen LogP contribution in [0.15, 0.2) is 30.3 Å². The van der Waals surface area contributed by atoms with Crippen LogP contribution in [-0.4, -0.2) is 44.7 Å². The molecule has 0 spiro atoms. The smallest absolute Gasteiger partial charge is 0.293 e. The van der Waals surface area contributed by atoms with Crippen LogP contribution in [0.1, 0.15) is 41.3 Å². The fourth-order valence-corrected chi connectivity index (χ4v) is 3.67. The third kappa shape index (κ3) is 4.43. The van der Waals surface area contributed by atoms with Crippen LogP contribution in [0.5, 0.6) is 0 Å². The predicted molar refractivity (Wildman–Crippen MR) is 104 cm³/mol. The van der Waals surface area contributed by atoms with Crippen molar-refractivity contribution in [1.29, 1.82) is 0 Å². The Morgan fingerprint density at radius 2 is 2.04 bits per heavy atom. The van der Waals surface area contributed by atoms with Gasteiger partial charge in [0, 0.05) is 19.6 Å². The van der Waals surface area contributed by atoms with Crippen LogP contribution in [0, 0.1) is 12.8 Å². The van der Waals surface area contributed by atoms with E-state index >= 15 is 0 Å². The van der Waals surface area contributed by atoms with Crippen LogP contribution in [0.2, 0.25) is 0 Å². The molecule has 3 rings (SSSR count). The van der Waals surface area contributed by atoms with Gasteiger partial charge >= 0.3 is 0 Å². The summed E-state index contributed by atoms with van der Waals surface area (Å²) in [5, 5.41) is 4.27. The minimum absolute atomic E-state index is 0. The van der Waals surface area contributed by atoms with Crippen LogP contribution in [0.25, 0.3) is 0 Å². The van der Waals surface area contributed by atoms with Crippen molar-refractivity contribution in [2.75, 3.05) is 13.1 Å². The number of carbonyl (C=O) groups is 1. The van der Waals surface area contributed by atoms with Crippen LogP contribution in [-0.2, 0) is 13.5 Å². The van der Waals surface area contributed by atoms with Crippen LogP contribution < -0.4 is 5.73 Å². The normalized spacial score (nSPS) is 18.3. The number of nitrogens with two attached hydrogens (primary N) is 1. The highest BCUT2D eigenvalue weighted by Crippen LogP contribution is 2.26. The van der Waals surface area contributed by atoms with E-state index in [-0.39, 0.29) is 30.3 Å². The number of nitrogens with zero attached hydrogens (tertiary/aromatic N) is 4. The average Bonchev–Trinajstić information content (AvgIpc) is 2.99. The first-order valence-electron chi connectivity index (χ1n) is 9.02. The molecule has 1 saturated heterocycles. The molecule has 0 saturated carbocycles. The van der Waals surface area contributed by atoms with Crippen molar-refractivity contribution in [2.24, 2.45) is 18.7 Å². The van der Waals surface area contributed by atoms with Crippen molar-refractivity contribution >= 4 is 18.3 Å². The number of rotatable bonds is 5. The van der Waals surface area contributed by atoms with E-state index in [0.717, 1.165) is 38.1 Å². The van der Waals surface area contributed by atoms with E-state index in [1.54, 1.807) is 4.68 Å². The van der Waals surface area contributed by atoms with Gasteiger partial charge in [-0.25, -0.2) is 4.98 Å². The highest BCUT2D eigenvalue weighted by molar-refractivity contribution is 5.90. The van der Waals surface area contributed by atoms with Crippen molar-refractivity contribution in [3.63, 3.8) is 0 Å². The minimum Gasteiger partial charge on any atom is -0.333 e. The summed E-state index contributed by atoms with van der Waals surface area (Å²) in [7, 11) is 1.81. The summed E-state index contributed by atoms with van der Waals surface area (Å²) in [6.07, 6.45) is 4.04. The molecule has 1 aliphatic rings. The second kappa shape index (κ2) is 9.14. The Bertz CT molecular complexity index is 698. The number of hydrogen-bond acceptors (Lipinski definition) is 4. The molecule has 2 atom stereocenters. The number of aryl methyl sites for hydroxylation is 2. The number of aromatic nitrogens is 3. The molecule has 2 unspecified atom stereocenters. The Balaban J connectivity index is 0.00000243. The van der Waals surface area contributed by atoms with Gasteiger partial charge in [-0.15, -0.1) is 17.5 Å². The summed E-state index contributed by atoms with van der Waals surface area (Å²) in [5.74, 6) is 1.22. The summed E-state index contributed by atoms with van der Waals surface area (Å²) >= 11 is 0. The van der Waals surface area contributed by atoms with Gasteiger partial charge in [0.1, 0.15) is 5.82 Å². The van der Waals surface area contributed by atoms with Crippen LogP contribution in [0.3, 0.4) is 0 Å². The van der Waals surface area contributed by atoms with E-state index < -0.39 is 0 Å². The topological polar surface area (TPSA) is 77.0 Å². The van der Waals surface area contributed by atoms with E-state index in [0.29, 0.717) is 12.4 Å². The van der Waals surface area contributed by atoms with Crippen molar-refractivity contribution in [2.45, 2.75) is 38.6 Å². The van der Waals surface area contributed by atoms with Crippen molar-refractivity contribution in [1.82, 2.24) is 19.7 Å². The Morgan fingerprint density at radius 1 is 1.31 bits per heavy atom. The van der Waals surface area contributed by atoms with E-state index in [2.05, 4.69) is 22.2 Å². The first kappa shape index (κ1) is 20.4. The lowest BCUT2D eigenvalue weighted by Gasteiger charge is -2.39. The SMILES string of the molecule is Cc1nc(C(=O)N2CCCCC2C(CN)Cc2ccccc2)nn1C.Cl. The molecule has 1 aliphatic heterocycles. The van der Waals surface area contributed by atoms with Gasteiger partial charge in [0.15, 0.2) is 0 Å². The molecule has 2 heterocycles. The van der Waals surface area contributed by atoms with Gasteiger partial charge in [0.05, 0.1) is 0 Å². The molecule has 0 radical (unpaired) electrons. The van der Waals surface area contributed by atoms with Crippen LogP contribution >= 0.6 is 12.4 Å².